The Morgan fingerprint density at radius 3 is 2.30 bits per heavy atom. The third-order valence-corrected chi connectivity index (χ3v) is 9.42. The number of rotatable bonds is 8. The molecule has 0 radical (unpaired) electrons. The lowest BCUT2D eigenvalue weighted by Gasteiger charge is -2.37. The molecule has 0 aliphatic carbocycles. The number of sulfonamides is 2. The third-order valence-electron chi connectivity index (χ3n) is 5.21. The summed E-state index contributed by atoms with van der Waals surface area (Å²) >= 11 is 1.61. The van der Waals surface area contributed by atoms with Crippen LogP contribution in [0.3, 0.4) is 0 Å². The minimum absolute atomic E-state index is 0.0516. The Morgan fingerprint density at radius 1 is 1.03 bits per heavy atom. The number of hydrogen-bond acceptors (Lipinski definition) is 7. The van der Waals surface area contributed by atoms with Crippen molar-refractivity contribution in [3.63, 3.8) is 0 Å². The van der Waals surface area contributed by atoms with Crippen LogP contribution in [0.25, 0.3) is 0 Å². The maximum absolute atomic E-state index is 12.9. The van der Waals surface area contributed by atoms with Gasteiger partial charge in [0.25, 0.3) is 0 Å². The molecule has 1 saturated heterocycles. The molecule has 2 heterocycles. The zero-order valence-corrected chi connectivity index (χ0v) is 19.8. The van der Waals surface area contributed by atoms with E-state index >= 15 is 0 Å². The highest BCUT2D eigenvalue weighted by Crippen LogP contribution is 2.26. The van der Waals surface area contributed by atoms with Gasteiger partial charge >= 0.3 is 0 Å². The van der Waals surface area contributed by atoms with Gasteiger partial charge in [-0.1, -0.05) is 12.1 Å². The van der Waals surface area contributed by atoms with Crippen LogP contribution in [-0.2, 0) is 20.0 Å². The lowest BCUT2D eigenvalue weighted by molar-refractivity contribution is 0.114. The van der Waals surface area contributed by atoms with Crippen LogP contribution in [0.5, 0.6) is 0 Å². The molecular formula is C19H28N4O4S3. The summed E-state index contributed by atoms with van der Waals surface area (Å²) in [5.41, 5.74) is 0. The number of nitrogens with zero attached hydrogens (tertiary/aromatic N) is 3. The second-order valence-electron chi connectivity index (χ2n) is 7.48. The summed E-state index contributed by atoms with van der Waals surface area (Å²) < 4.78 is 54.4. The van der Waals surface area contributed by atoms with Crippen molar-refractivity contribution in [3.8, 4) is 0 Å². The van der Waals surface area contributed by atoms with Gasteiger partial charge in [0.05, 0.1) is 15.8 Å². The summed E-state index contributed by atoms with van der Waals surface area (Å²) in [5.74, 6) is 0. The summed E-state index contributed by atoms with van der Waals surface area (Å²) in [5, 5.41) is 1.99. The van der Waals surface area contributed by atoms with Gasteiger partial charge < -0.3 is 4.90 Å². The van der Waals surface area contributed by atoms with Gasteiger partial charge in [-0.15, -0.1) is 11.3 Å². The number of nitrogens with one attached hydrogen (secondary N) is 1. The maximum atomic E-state index is 12.9. The lowest BCUT2D eigenvalue weighted by atomic mass is 10.2. The Bertz CT molecular complexity index is 1050. The molecule has 1 atom stereocenters. The van der Waals surface area contributed by atoms with Crippen LogP contribution >= 0.6 is 11.3 Å². The lowest BCUT2D eigenvalue weighted by Crippen LogP contribution is -2.48. The van der Waals surface area contributed by atoms with Crippen molar-refractivity contribution in [1.29, 1.82) is 0 Å². The van der Waals surface area contributed by atoms with Crippen LogP contribution < -0.4 is 4.72 Å². The highest BCUT2D eigenvalue weighted by atomic mass is 32.2. The summed E-state index contributed by atoms with van der Waals surface area (Å²) in [4.78, 5) is 5.54. The van der Waals surface area contributed by atoms with E-state index in [4.69, 9.17) is 0 Å². The molecule has 166 valence electrons. The summed E-state index contributed by atoms with van der Waals surface area (Å²) in [6, 6.07) is 9.37. The first-order chi connectivity index (χ1) is 14.1. The molecule has 1 fully saturated rings. The van der Waals surface area contributed by atoms with E-state index in [0.717, 1.165) is 35.4 Å². The molecule has 11 heteroatoms. The monoisotopic (exact) mass is 472 g/mol. The molecule has 1 aliphatic rings. The van der Waals surface area contributed by atoms with Gasteiger partial charge in [0, 0.05) is 51.7 Å². The fraction of sp³-hybridized carbons (Fsp3) is 0.474. The van der Waals surface area contributed by atoms with E-state index in [2.05, 4.69) is 21.6 Å². The molecule has 1 unspecified atom stereocenters. The van der Waals surface area contributed by atoms with Gasteiger partial charge in [-0.25, -0.2) is 25.9 Å². The first-order valence-corrected chi connectivity index (χ1v) is 13.4. The Hall–Kier alpha value is -1.34. The van der Waals surface area contributed by atoms with Gasteiger partial charge in [-0.2, -0.15) is 0 Å². The van der Waals surface area contributed by atoms with E-state index in [9.17, 15) is 16.8 Å². The first kappa shape index (κ1) is 23.3. The summed E-state index contributed by atoms with van der Waals surface area (Å²) in [6.45, 7) is 3.80. The quantitative estimate of drug-likeness (QED) is 0.622. The minimum atomic E-state index is -3.87. The van der Waals surface area contributed by atoms with E-state index in [1.807, 2.05) is 17.5 Å². The Morgan fingerprint density at radius 2 is 1.70 bits per heavy atom. The van der Waals surface area contributed by atoms with Crippen molar-refractivity contribution < 1.29 is 16.8 Å². The van der Waals surface area contributed by atoms with Crippen LogP contribution in [0.4, 0.5) is 0 Å². The average Bonchev–Trinajstić information content (AvgIpc) is 3.24. The van der Waals surface area contributed by atoms with E-state index in [1.165, 1.54) is 38.4 Å². The van der Waals surface area contributed by atoms with Crippen molar-refractivity contribution in [1.82, 2.24) is 18.8 Å². The highest BCUT2D eigenvalue weighted by Gasteiger charge is 2.27. The smallest absolute Gasteiger partial charge is 0.242 e. The zero-order chi connectivity index (χ0) is 21.9. The number of benzene rings is 1. The molecule has 3 rings (SSSR count). The molecule has 0 saturated carbocycles. The van der Waals surface area contributed by atoms with Gasteiger partial charge in [-0.3, -0.25) is 4.90 Å². The molecule has 30 heavy (non-hydrogen) atoms. The average molecular weight is 473 g/mol. The predicted octanol–water partition coefficient (Wildman–Crippen LogP) is 1.27. The maximum Gasteiger partial charge on any atom is 0.242 e. The molecule has 0 amide bonds. The van der Waals surface area contributed by atoms with Crippen molar-refractivity contribution in [2.45, 2.75) is 15.8 Å². The molecule has 2 aromatic rings. The van der Waals surface area contributed by atoms with E-state index in [0.29, 0.717) is 0 Å². The fourth-order valence-electron chi connectivity index (χ4n) is 3.31. The second kappa shape index (κ2) is 9.43. The first-order valence-electron chi connectivity index (χ1n) is 9.59. The van der Waals surface area contributed by atoms with Gasteiger partial charge in [0.15, 0.2) is 0 Å². The largest absolute Gasteiger partial charge is 0.304 e. The van der Waals surface area contributed by atoms with Crippen LogP contribution in [0.2, 0.25) is 0 Å². The Kier molecular flexibility index (Phi) is 7.33. The number of hydrogen-bond donors (Lipinski definition) is 1. The van der Waals surface area contributed by atoms with Crippen LogP contribution in [0.1, 0.15) is 10.9 Å². The van der Waals surface area contributed by atoms with Crippen LogP contribution in [0, 0.1) is 0 Å². The molecule has 1 aliphatic heterocycles. The van der Waals surface area contributed by atoms with Crippen LogP contribution in [0.15, 0.2) is 51.6 Å². The summed E-state index contributed by atoms with van der Waals surface area (Å²) in [6.07, 6.45) is 0. The Balaban J connectivity index is 1.80. The molecule has 0 bridgehead atoms. The standard InChI is InChI=1S/C19H28N4O4S3/c1-21(2)30(26,27)17-7-4-6-16(14-17)29(24,25)20-15-18(19-8-5-13-28-19)23-11-9-22(3)10-12-23/h4-8,13-14,18,20H,9-12,15H2,1-3H3. The van der Waals surface area contributed by atoms with Gasteiger partial charge in [-0.05, 0) is 36.7 Å². The number of piperazine rings is 1. The summed E-state index contributed by atoms with van der Waals surface area (Å²) in [7, 11) is -2.68. The second-order valence-corrected chi connectivity index (χ2v) is 12.4. The van der Waals surface area contributed by atoms with Crippen molar-refractivity contribution in [2.24, 2.45) is 0 Å². The molecule has 0 spiro atoms. The van der Waals surface area contributed by atoms with E-state index in [1.54, 1.807) is 11.3 Å². The van der Waals surface area contributed by atoms with E-state index < -0.39 is 20.0 Å². The Labute approximate surface area is 183 Å². The van der Waals surface area contributed by atoms with Crippen LogP contribution in [-0.4, -0.2) is 84.8 Å². The van der Waals surface area contributed by atoms with Gasteiger partial charge in [0.2, 0.25) is 20.0 Å². The highest BCUT2D eigenvalue weighted by molar-refractivity contribution is 7.90. The molecule has 1 N–H and O–H groups in total. The fourth-order valence-corrected chi connectivity index (χ4v) is 6.28. The number of likely N-dealkylation sites (N-methyl/N-ethyl adjacent to an activating group) is 1. The molecule has 1 aromatic carbocycles. The molecule has 1 aromatic heterocycles. The molecular weight excluding hydrogens is 444 g/mol. The van der Waals surface area contributed by atoms with Crippen molar-refractivity contribution in [3.05, 3.63) is 46.7 Å². The van der Waals surface area contributed by atoms with Crippen molar-refractivity contribution >= 4 is 31.4 Å². The SMILES string of the molecule is CN1CCN(C(CNS(=O)(=O)c2cccc(S(=O)(=O)N(C)C)c2)c2cccs2)CC1. The zero-order valence-electron chi connectivity index (χ0n) is 17.4. The van der Waals surface area contributed by atoms with Crippen molar-refractivity contribution in [2.75, 3.05) is 53.9 Å². The third kappa shape index (κ3) is 5.28. The molecule has 8 nitrogen and oxygen atoms in total. The number of thiophene rings is 1. The van der Waals surface area contributed by atoms with Gasteiger partial charge in [0.1, 0.15) is 0 Å². The predicted molar refractivity (Wildman–Crippen MR) is 119 cm³/mol. The minimum Gasteiger partial charge on any atom is -0.304 e. The van der Waals surface area contributed by atoms with E-state index in [-0.39, 0.29) is 22.4 Å². The topological polar surface area (TPSA) is 90.0 Å². The normalized spacial score (nSPS) is 18.0.